The summed E-state index contributed by atoms with van der Waals surface area (Å²) in [4.78, 5) is 11.6. The Kier molecular flexibility index (Phi) is 6.71. The number of rotatable bonds is 8. The van der Waals surface area contributed by atoms with Gasteiger partial charge >= 0.3 is 10.1 Å². The Bertz CT molecular complexity index is 833. The Labute approximate surface area is 147 Å². The Balaban J connectivity index is 2.12. The van der Waals surface area contributed by atoms with Crippen LogP contribution >= 0.6 is 0 Å². The van der Waals surface area contributed by atoms with E-state index < -0.39 is 10.1 Å². The van der Waals surface area contributed by atoms with Crippen LogP contribution in [0.25, 0.3) is 0 Å². The van der Waals surface area contributed by atoms with Crippen molar-refractivity contribution in [3.63, 3.8) is 0 Å². The van der Waals surface area contributed by atoms with Crippen LogP contribution in [0.5, 0.6) is 5.75 Å². The molecule has 0 unspecified atom stereocenters. The minimum Gasteiger partial charge on any atom is -0.378 e. The van der Waals surface area contributed by atoms with Gasteiger partial charge in [-0.1, -0.05) is 43.7 Å². The molecule has 6 nitrogen and oxygen atoms in total. The predicted octanol–water partition coefficient (Wildman–Crippen LogP) is 3.09. The number of unbranched alkanes of at least 4 members (excludes halogenated alkanes) is 1. The molecule has 1 amide bonds. The van der Waals surface area contributed by atoms with E-state index in [0.717, 1.165) is 12.8 Å². The topological polar surface area (TPSA) is 84.8 Å². The number of nitrogens with zero attached hydrogens (tertiary/aromatic N) is 1. The summed E-state index contributed by atoms with van der Waals surface area (Å²) >= 11 is 0. The first-order valence-electron chi connectivity index (χ1n) is 7.93. The van der Waals surface area contributed by atoms with E-state index in [1.165, 1.54) is 24.4 Å². The molecule has 0 saturated carbocycles. The highest BCUT2D eigenvalue weighted by atomic mass is 32.2. The van der Waals surface area contributed by atoms with Gasteiger partial charge in [0.15, 0.2) is 5.75 Å². The molecule has 0 aliphatic carbocycles. The summed E-state index contributed by atoms with van der Waals surface area (Å²) in [6, 6.07) is 14.4. The maximum Gasteiger partial charge on any atom is 0.339 e. The molecule has 132 valence electrons. The molecule has 0 saturated heterocycles. The maximum absolute atomic E-state index is 12.3. The molecule has 2 aromatic carbocycles. The number of nitrogens with one attached hydrogen (secondary N) is 1. The molecule has 0 spiro atoms. The SMILES string of the molecule is CCCCC(=O)NN=Cc1ccccc1OS(=O)(=O)c1ccccc1. The second kappa shape index (κ2) is 8.98. The Morgan fingerprint density at radius 3 is 2.52 bits per heavy atom. The summed E-state index contributed by atoms with van der Waals surface area (Å²) in [5, 5.41) is 3.86. The zero-order chi connectivity index (χ0) is 18.1. The van der Waals surface area contributed by atoms with Gasteiger partial charge in [0, 0.05) is 12.0 Å². The quantitative estimate of drug-likeness (QED) is 0.445. The third-order valence-corrected chi connectivity index (χ3v) is 4.55. The molecule has 0 heterocycles. The molecule has 7 heteroatoms. The van der Waals surface area contributed by atoms with Crippen molar-refractivity contribution in [2.45, 2.75) is 31.1 Å². The first kappa shape index (κ1) is 18.7. The number of carbonyl (C=O) groups excluding carboxylic acids is 1. The second-order valence-corrected chi connectivity index (χ2v) is 6.83. The monoisotopic (exact) mass is 360 g/mol. The molecule has 1 N–H and O–H groups in total. The smallest absolute Gasteiger partial charge is 0.339 e. The summed E-state index contributed by atoms with van der Waals surface area (Å²) in [5.41, 5.74) is 2.86. The molecule has 2 aromatic rings. The number of hydrogen-bond acceptors (Lipinski definition) is 5. The van der Waals surface area contributed by atoms with Crippen molar-refractivity contribution in [2.24, 2.45) is 5.10 Å². The van der Waals surface area contributed by atoms with Gasteiger partial charge in [0.2, 0.25) is 5.91 Å². The molecular weight excluding hydrogens is 340 g/mol. The maximum atomic E-state index is 12.3. The highest BCUT2D eigenvalue weighted by Gasteiger charge is 2.17. The number of benzene rings is 2. The van der Waals surface area contributed by atoms with Crippen LogP contribution in [-0.4, -0.2) is 20.5 Å². The first-order chi connectivity index (χ1) is 12.0. The van der Waals surface area contributed by atoms with Gasteiger partial charge in [-0.3, -0.25) is 4.79 Å². The zero-order valence-corrected chi connectivity index (χ0v) is 14.7. The number of carbonyl (C=O) groups is 1. The summed E-state index contributed by atoms with van der Waals surface area (Å²) < 4.78 is 29.8. The number of hydrazone groups is 1. The van der Waals surface area contributed by atoms with E-state index in [4.69, 9.17) is 4.18 Å². The standard InChI is InChI=1S/C18H20N2O4S/c1-2-3-13-18(21)20-19-14-15-9-7-8-12-17(15)24-25(22,23)16-10-5-4-6-11-16/h4-12,14H,2-3,13H2,1H3,(H,20,21). The summed E-state index contributed by atoms with van der Waals surface area (Å²) in [6.45, 7) is 2.00. The highest BCUT2D eigenvalue weighted by molar-refractivity contribution is 7.87. The van der Waals surface area contributed by atoms with Crippen LogP contribution in [0.15, 0.2) is 64.6 Å². The highest BCUT2D eigenvalue weighted by Crippen LogP contribution is 2.21. The van der Waals surface area contributed by atoms with Crippen molar-refractivity contribution < 1.29 is 17.4 Å². The largest absolute Gasteiger partial charge is 0.378 e. The van der Waals surface area contributed by atoms with E-state index in [-0.39, 0.29) is 16.6 Å². The molecule has 0 aliphatic heterocycles. The lowest BCUT2D eigenvalue weighted by molar-refractivity contribution is -0.121. The van der Waals surface area contributed by atoms with Crippen LogP contribution in [0.2, 0.25) is 0 Å². The van der Waals surface area contributed by atoms with Gasteiger partial charge in [-0.2, -0.15) is 13.5 Å². The fourth-order valence-corrected chi connectivity index (χ4v) is 2.96. The van der Waals surface area contributed by atoms with Crippen LogP contribution in [0.4, 0.5) is 0 Å². The fourth-order valence-electron chi connectivity index (χ4n) is 1.98. The van der Waals surface area contributed by atoms with E-state index in [9.17, 15) is 13.2 Å². The van der Waals surface area contributed by atoms with Crippen LogP contribution in [-0.2, 0) is 14.9 Å². The number of para-hydroxylation sites is 1. The normalized spacial score (nSPS) is 11.4. The third kappa shape index (κ3) is 5.72. The van der Waals surface area contributed by atoms with Crippen molar-refractivity contribution in [1.29, 1.82) is 0 Å². The average molecular weight is 360 g/mol. The minimum atomic E-state index is -3.94. The van der Waals surface area contributed by atoms with Gasteiger partial charge in [0.1, 0.15) is 4.90 Å². The molecule has 0 atom stereocenters. The molecule has 0 aliphatic rings. The van der Waals surface area contributed by atoms with E-state index in [2.05, 4.69) is 10.5 Å². The van der Waals surface area contributed by atoms with Gasteiger partial charge in [0.25, 0.3) is 0 Å². The lowest BCUT2D eigenvalue weighted by atomic mass is 10.2. The van der Waals surface area contributed by atoms with Crippen molar-refractivity contribution in [2.75, 3.05) is 0 Å². The van der Waals surface area contributed by atoms with Crippen LogP contribution in [0, 0.1) is 0 Å². The van der Waals surface area contributed by atoms with Crippen LogP contribution in [0.1, 0.15) is 31.7 Å². The Morgan fingerprint density at radius 2 is 1.80 bits per heavy atom. The molecule has 0 bridgehead atoms. The molecule has 25 heavy (non-hydrogen) atoms. The van der Waals surface area contributed by atoms with Gasteiger partial charge in [-0.25, -0.2) is 5.43 Å². The average Bonchev–Trinajstić information content (AvgIpc) is 2.62. The number of amides is 1. The van der Waals surface area contributed by atoms with Gasteiger partial charge < -0.3 is 4.18 Å². The summed E-state index contributed by atoms with van der Waals surface area (Å²) in [7, 11) is -3.94. The van der Waals surface area contributed by atoms with Crippen LogP contribution < -0.4 is 9.61 Å². The van der Waals surface area contributed by atoms with Crippen molar-refractivity contribution in [3.8, 4) is 5.75 Å². The van der Waals surface area contributed by atoms with E-state index >= 15 is 0 Å². The molecular formula is C18H20N2O4S. The molecule has 0 aromatic heterocycles. The van der Waals surface area contributed by atoms with Gasteiger partial charge in [-0.05, 0) is 30.7 Å². The summed E-state index contributed by atoms with van der Waals surface area (Å²) in [6.07, 6.45) is 3.47. The van der Waals surface area contributed by atoms with Crippen molar-refractivity contribution >= 4 is 22.2 Å². The van der Waals surface area contributed by atoms with Crippen molar-refractivity contribution in [1.82, 2.24) is 5.43 Å². The lowest BCUT2D eigenvalue weighted by Gasteiger charge is -2.09. The van der Waals surface area contributed by atoms with Gasteiger partial charge in [-0.15, -0.1) is 0 Å². The van der Waals surface area contributed by atoms with E-state index in [0.29, 0.717) is 12.0 Å². The second-order valence-electron chi connectivity index (χ2n) is 5.29. The predicted molar refractivity (Wildman–Crippen MR) is 96.0 cm³/mol. The Hall–Kier alpha value is -2.67. The zero-order valence-electron chi connectivity index (χ0n) is 13.9. The molecule has 2 rings (SSSR count). The third-order valence-electron chi connectivity index (χ3n) is 3.30. The minimum absolute atomic E-state index is 0.0645. The molecule has 0 radical (unpaired) electrons. The van der Waals surface area contributed by atoms with E-state index in [1.807, 2.05) is 6.92 Å². The van der Waals surface area contributed by atoms with Crippen molar-refractivity contribution in [3.05, 3.63) is 60.2 Å². The number of hydrogen-bond donors (Lipinski definition) is 1. The van der Waals surface area contributed by atoms with E-state index in [1.54, 1.807) is 36.4 Å². The lowest BCUT2D eigenvalue weighted by Crippen LogP contribution is -2.17. The fraction of sp³-hybridized carbons (Fsp3) is 0.222. The first-order valence-corrected chi connectivity index (χ1v) is 9.34. The van der Waals surface area contributed by atoms with Gasteiger partial charge in [0.05, 0.1) is 6.21 Å². The Morgan fingerprint density at radius 1 is 1.12 bits per heavy atom. The van der Waals surface area contributed by atoms with Crippen LogP contribution in [0.3, 0.4) is 0 Å². The summed E-state index contributed by atoms with van der Waals surface area (Å²) in [5.74, 6) is -0.0497. The molecule has 0 fully saturated rings.